The quantitative estimate of drug-likeness (QED) is 0.873. The van der Waals surface area contributed by atoms with Crippen molar-refractivity contribution in [3.05, 3.63) is 48.0 Å². The molecular formula is C15H17FN4O2. The van der Waals surface area contributed by atoms with E-state index in [4.69, 9.17) is 0 Å². The molecule has 0 radical (unpaired) electrons. The Morgan fingerprint density at radius 2 is 2.09 bits per heavy atom. The van der Waals surface area contributed by atoms with E-state index in [2.05, 4.69) is 15.7 Å². The molecule has 2 N–H and O–H groups in total. The standard InChI is InChI=1S/C15H17FN4O2/c1-3-17-14(21)10(2)19-15(22)11-8-18-20(9-11)13-7-5-4-6-12(13)16/h4-10H,3H2,1-2H3,(H,17,21)(H,19,22)/t10-/m0/s1. The Morgan fingerprint density at radius 3 is 2.77 bits per heavy atom. The van der Waals surface area contributed by atoms with Crippen LogP contribution in [0, 0.1) is 5.82 Å². The molecule has 0 fully saturated rings. The molecule has 0 saturated carbocycles. The number of nitrogens with one attached hydrogen (secondary N) is 2. The van der Waals surface area contributed by atoms with Gasteiger partial charge in [0.05, 0.1) is 11.8 Å². The number of likely N-dealkylation sites (N-methyl/N-ethyl adjacent to an activating group) is 1. The number of nitrogens with zero attached hydrogens (tertiary/aromatic N) is 2. The van der Waals surface area contributed by atoms with Gasteiger partial charge in [0.25, 0.3) is 5.91 Å². The molecule has 0 spiro atoms. The summed E-state index contributed by atoms with van der Waals surface area (Å²) in [7, 11) is 0. The van der Waals surface area contributed by atoms with E-state index in [9.17, 15) is 14.0 Å². The van der Waals surface area contributed by atoms with E-state index < -0.39 is 17.8 Å². The number of amides is 2. The van der Waals surface area contributed by atoms with Crippen molar-refractivity contribution in [3.63, 3.8) is 0 Å². The third-order valence-electron chi connectivity index (χ3n) is 3.04. The van der Waals surface area contributed by atoms with E-state index in [-0.39, 0.29) is 17.2 Å². The highest BCUT2D eigenvalue weighted by atomic mass is 19.1. The van der Waals surface area contributed by atoms with Gasteiger partial charge in [-0.3, -0.25) is 9.59 Å². The largest absolute Gasteiger partial charge is 0.355 e. The van der Waals surface area contributed by atoms with Crippen LogP contribution in [0.25, 0.3) is 5.69 Å². The molecule has 0 unspecified atom stereocenters. The lowest BCUT2D eigenvalue weighted by atomic mass is 10.2. The number of hydrogen-bond donors (Lipinski definition) is 2. The molecule has 0 aliphatic carbocycles. The summed E-state index contributed by atoms with van der Waals surface area (Å²) in [5.41, 5.74) is 0.498. The zero-order valence-corrected chi connectivity index (χ0v) is 12.3. The van der Waals surface area contributed by atoms with Crippen LogP contribution >= 0.6 is 0 Å². The first-order chi connectivity index (χ1) is 10.5. The fraction of sp³-hybridized carbons (Fsp3) is 0.267. The molecular weight excluding hydrogens is 287 g/mol. The molecule has 22 heavy (non-hydrogen) atoms. The molecule has 2 aromatic rings. The Kier molecular flexibility index (Phi) is 4.88. The van der Waals surface area contributed by atoms with Gasteiger partial charge >= 0.3 is 0 Å². The molecule has 1 aromatic heterocycles. The lowest BCUT2D eigenvalue weighted by Gasteiger charge is -2.12. The Balaban J connectivity index is 2.10. The van der Waals surface area contributed by atoms with Crippen LogP contribution in [-0.4, -0.2) is 34.2 Å². The lowest BCUT2D eigenvalue weighted by Crippen LogP contribution is -2.44. The Hall–Kier alpha value is -2.70. The summed E-state index contributed by atoms with van der Waals surface area (Å²) >= 11 is 0. The topological polar surface area (TPSA) is 76.0 Å². The summed E-state index contributed by atoms with van der Waals surface area (Å²) in [4.78, 5) is 23.6. The number of rotatable bonds is 5. The average Bonchev–Trinajstić information content (AvgIpc) is 2.97. The molecule has 0 aliphatic rings. The normalized spacial score (nSPS) is 11.8. The zero-order valence-electron chi connectivity index (χ0n) is 12.3. The first-order valence-corrected chi connectivity index (χ1v) is 6.91. The number of carbonyl (C=O) groups excluding carboxylic acids is 2. The van der Waals surface area contributed by atoms with Crippen LogP contribution in [0.4, 0.5) is 4.39 Å². The SMILES string of the molecule is CCNC(=O)[C@H](C)NC(=O)c1cnn(-c2ccccc2F)c1. The van der Waals surface area contributed by atoms with Crippen molar-refractivity contribution in [1.29, 1.82) is 0 Å². The van der Waals surface area contributed by atoms with E-state index in [1.165, 1.54) is 23.1 Å². The van der Waals surface area contributed by atoms with Crippen molar-refractivity contribution in [2.75, 3.05) is 6.54 Å². The summed E-state index contributed by atoms with van der Waals surface area (Å²) in [5, 5.41) is 9.15. The summed E-state index contributed by atoms with van der Waals surface area (Å²) in [6, 6.07) is 5.46. The van der Waals surface area contributed by atoms with Crippen LogP contribution in [0.5, 0.6) is 0 Å². The van der Waals surface area contributed by atoms with E-state index >= 15 is 0 Å². The third-order valence-corrected chi connectivity index (χ3v) is 3.04. The highest BCUT2D eigenvalue weighted by molar-refractivity contribution is 5.97. The maximum absolute atomic E-state index is 13.7. The zero-order chi connectivity index (χ0) is 16.1. The highest BCUT2D eigenvalue weighted by Gasteiger charge is 2.17. The molecule has 0 bridgehead atoms. The van der Waals surface area contributed by atoms with E-state index in [1.807, 2.05) is 0 Å². The molecule has 116 valence electrons. The Morgan fingerprint density at radius 1 is 1.36 bits per heavy atom. The number of halogens is 1. The van der Waals surface area contributed by atoms with Crippen molar-refractivity contribution in [3.8, 4) is 5.69 Å². The molecule has 6 nitrogen and oxygen atoms in total. The summed E-state index contributed by atoms with van der Waals surface area (Å²) in [5.74, 6) is -1.15. The Bertz CT molecular complexity index is 684. The summed E-state index contributed by atoms with van der Waals surface area (Å²) in [6.07, 6.45) is 2.74. The minimum atomic E-state index is -0.663. The second-order valence-electron chi connectivity index (χ2n) is 4.71. The van der Waals surface area contributed by atoms with Crippen molar-refractivity contribution in [2.24, 2.45) is 0 Å². The number of carbonyl (C=O) groups is 2. The van der Waals surface area contributed by atoms with E-state index in [0.29, 0.717) is 6.54 Å². The average molecular weight is 304 g/mol. The summed E-state index contributed by atoms with van der Waals surface area (Å²) < 4.78 is 15.0. The van der Waals surface area contributed by atoms with Crippen LogP contribution in [0.2, 0.25) is 0 Å². The van der Waals surface area contributed by atoms with Crippen LogP contribution < -0.4 is 10.6 Å². The maximum Gasteiger partial charge on any atom is 0.255 e. The highest BCUT2D eigenvalue weighted by Crippen LogP contribution is 2.12. The Labute approximate surface area is 127 Å². The number of benzene rings is 1. The molecule has 1 atom stereocenters. The van der Waals surface area contributed by atoms with Crippen molar-refractivity contribution >= 4 is 11.8 Å². The van der Waals surface area contributed by atoms with E-state index in [0.717, 1.165) is 0 Å². The third kappa shape index (κ3) is 3.49. The van der Waals surface area contributed by atoms with Crippen molar-refractivity contribution in [2.45, 2.75) is 19.9 Å². The van der Waals surface area contributed by atoms with Crippen molar-refractivity contribution in [1.82, 2.24) is 20.4 Å². The first-order valence-electron chi connectivity index (χ1n) is 6.91. The van der Waals surface area contributed by atoms with Gasteiger partial charge in [-0.05, 0) is 26.0 Å². The number of para-hydroxylation sites is 1. The van der Waals surface area contributed by atoms with Gasteiger partial charge in [0.15, 0.2) is 0 Å². The van der Waals surface area contributed by atoms with E-state index in [1.54, 1.807) is 32.0 Å². The molecule has 0 aliphatic heterocycles. The molecule has 0 saturated heterocycles. The van der Waals surface area contributed by atoms with Gasteiger partial charge in [-0.1, -0.05) is 12.1 Å². The van der Waals surface area contributed by atoms with Gasteiger partial charge in [0.1, 0.15) is 17.5 Å². The number of aromatic nitrogens is 2. The smallest absolute Gasteiger partial charge is 0.255 e. The number of hydrogen-bond acceptors (Lipinski definition) is 3. The monoisotopic (exact) mass is 304 g/mol. The van der Waals surface area contributed by atoms with Gasteiger partial charge in [0, 0.05) is 12.7 Å². The van der Waals surface area contributed by atoms with Gasteiger partial charge in [-0.15, -0.1) is 0 Å². The summed E-state index contributed by atoms with van der Waals surface area (Å²) in [6.45, 7) is 3.87. The van der Waals surface area contributed by atoms with Crippen molar-refractivity contribution < 1.29 is 14.0 Å². The van der Waals surface area contributed by atoms with Crippen LogP contribution in [0.3, 0.4) is 0 Å². The molecule has 1 aromatic carbocycles. The lowest BCUT2D eigenvalue weighted by molar-refractivity contribution is -0.122. The molecule has 1 heterocycles. The second kappa shape index (κ2) is 6.84. The van der Waals surface area contributed by atoms with Gasteiger partial charge in [0.2, 0.25) is 5.91 Å². The molecule has 2 amide bonds. The molecule has 7 heteroatoms. The second-order valence-corrected chi connectivity index (χ2v) is 4.71. The van der Waals surface area contributed by atoms with Crippen LogP contribution in [-0.2, 0) is 4.79 Å². The van der Waals surface area contributed by atoms with Gasteiger partial charge in [-0.2, -0.15) is 5.10 Å². The van der Waals surface area contributed by atoms with Gasteiger partial charge < -0.3 is 10.6 Å². The minimum absolute atomic E-state index is 0.248. The fourth-order valence-electron chi connectivity index (χ4n) is 1.88. The first kappa shape index (κ1) is 15.7. The minimum Gasteiger partial charge on any atom is -0.355 e. The van der Waals surface area contributed by atoms with Crippen LogP contribution in [0.15, 0.2) is 36.7 Å². The fourth-order valence-corrected chi connectivity index (χ4v) is 1.88. The predicted molar refractivity (Wildman–Crippen MR) is 79.1 cm³/mol. The molecule has 2 rings (SSSR count). The van der Waals surface area contributed by atoms with Crippen LogP contribution in [0.1, 0.15) is 24.2 Å². The van der Waals surface area contributed by atoms with Gasteiger partial charge in [-0.25, -0.2) is 9.07 Å². The predicted octanol–water partition coefficient (Wildman–Crippen LogP) is 1.27. The maximum atomic E-state index is 13.7.